The second kappa shape index (κ2) is 9.68. The molecule has 2 amide bonds. The summed E-state index contributed by atoms with van der Waals surface area (Å²) in [6.45, 7) is 11.6. The summed E-state index contributed by atoms with van der Waals surface area (Å²) in [6, 6.07) is 1.87. The van der Waals surface area contributed by atoms with Gasteiger partial charge in [0, 0.05) is 31.9 Å². The number of carbonyl (C=O) groups is 2. The predicted molar refractivity (Wildman–Crippen MR) is 110 cm³/mol. The normalized spacial score (nSPS) is 13.9. The lowest BCUT2D eigenvalue weighted by molar-refractivity contribution is -0.133. The number of piperazine rings is 1. The molecule has 3 rings (SSSR count). The van der Waals surface area contributed by atoms with Crippen LogP contribution in [0.5, 0.6) is 0 Å². The summed E-state index contributed by atoms with van der Waals surface area (Å²) in [5.41, 5.74) is 1.56. The number of nitrogens with zero attached hydrogens (tertiary/aromatic N) is 4. The highest BCUT2D eigenvalue weighted by Gasteiger charge is 2.25. The minimum atomic E-state index is -0.350. The van der Waals surface area contributed by atoms with Gasteiger partial charge in [-0.1, -0.05) is 13.8 Å². The maximum Gasteiger partial charge on any atom is 0.409 e. The Morgan fingerprint density at radius 3 is 2.36 bits per heavy atom. The van der Waals surface area contributed by atoms with Crippen molar-refractivity contribution in [3.05, 3.63) is 27.7 Å². The van der Waals surface area contributed by atoms with E-state index >= 15 is 0 Å². The van der Waals surface area contributed by atoms with E-state index in [-0.39, 0.29) is 24.1 Å². The molecule has 2 aromatic rings. The van der Waals surface area contributed by atoms with E-state index in [1.165, 1.54) is 15.5 Å². The van der Waals surface area contributed by atoms with E-state index in [1.807, 2.05) is 33.8 Å². The Hall–Kier alpha value is -2.42. The summed E-state index contributed by atoms with van der Waals surface area (Å²) >= 11 is 1.22. The van der Waals surface area contributed by atoms with Crippen molar-refractivity contribution in [2.45, 2.75) is 41.2 Å². The number of rotatable bonds is 3. The first-order chi connectivity index (χ1) is 13.4. The number of carbonyl (C=O) groups excluding carboxylic acids is 2. The summed E-state index contributed by atoms with van der Waals surface area (Å²) in [5.74, 6) is -0.128. The third kappa shape index (κ3) is 4.70. The zero-order valence-electron chi connectivity index (χ0n) is 17.2. The van der Waals surface area contributed by atoms with Gasteiger partial charge in [-0.2, -0.15) is 0 Å². The lowest BCUT2D eigenvalue weighted by atomic mass is 10.2. The van der Waals surface area contributed by atoms with E-state index in [4.69, 9.17) is 4.74 Å². The molecule has 1 aliphatic heterocycles. The Labute approximate surface area is 168 Å². The molecular weight excluding hydrogens is 380 g/mol. The van der Waals surface area contributed by atoms with Gasteiger partial charge in [0.1, 0.15) is 11.4 Å². The molecule has 0 saturated carbocycles. The minimum absolute atomic E-state index is 0.00223. The summed E-state index contributed by atoms with van der Waals surface area (Å²) in [5, 5.41) is 0.584. The molecule has 0 atom stereocenters. The van der Waals surface area contributed by atoms with E-state index in [0.29, 0.717) is 43.0 Å². The van der Waals surface area contributed by atoms with E-state index < -0.39 is 0 Å². The van der Waals surface area contributed by atoms with Crippen LogP contribution in [0, 0.1) is 13.8 Å². The van der Waals surface area contributed by atoms with Crippen molar-refractivity contribution >= 4 is 33.7 Å². The average molecular weight is 409 g/mol. The molecule has 0 aliphatic carbocycles. The lowest BCUT2D eigenvalue weighted by Gasteiger charge is -2.34. The lowest BCUT2D eigenvalue weighted by Crippen LogP contribution is -2.51. The van der Waals surface area contributed by atoms with Crippen molar-refractivity contribution in [1.82, 2.24) is 18.7 Å². The van der Waals surface area contributed by atoms with Gasteiger partial charge in [0.2, 0.25) is 5.91 Å². The molecule has 9 heteroatoms. The van der Waals surface area contributed by atoms with Crippen molar-refractivity contribution in [2.24, 2.45) is 0 Å². The van der Waals surface area contributed by atoms with Gasteiger partial charge in [0.05, 0.1) is 12.0 Å². The molecule has 0 aromatic carbocycles. The third-order valence-electron chi connectivity index (χ3n) is 4.39. The van der Waals surface area contributed by atoms with Crippen LogP contribution in [0.3, 0.4) is 0 Å². The molecule has 8 nitrogen and oxygen atoms in total. The largest absolute Gasteiger partial charge is 0.450 e. The number of fused-ring (bicyclic) bond motifs is 1. The van der Waals surface area contributed by atoms with Gasteiger partial charge in [-0.15, -0.1) is 0 Å². The summed E-state index contributed by atoms with van der Waals surface area (Å²) in [6.07, 6.45) is -0.350. The molecular formula is C19H28N4O4S. The van der Waals surface area contributed by atoms with Crippen LogP contribution in [-0.4, -0.2) is 63.5 Å². The zero-order chi connectivity index (χ0) is 20.8. The van der Waals surface area contributed by atoms with E-state index in [0.717, 1.165) is 11.3 Å². The number of amides is 2. The number of ether oxygens (including phenoxy) is 1. The fraction of sp³-hybridized carbons (Fsp3) is 0.579. The van der Waals surface area contributed by atoms with Crippen LogP contribution in [0.4, 0.5) is 4.79 Å². The van der Waals surface area contributed by atoms with E-state index in [9.17, 15) is 14.4 Å². The molecule has 1 fully saturated rings. The summed E-state index contributed by atoms with van der Waals surface area (Å²) in [4.78, 5) is 45.2. The van der Waals surface area contributed by atoms with Crippen molar-refractivity contribution in [3.8, 4) is 0 Å². The van der Waals surface area contributed by atoms with Gasteiger partial charge in [-0.05, 0) is 43.9 Å². The summed E-state index contributed by atoms with van der Waals surface area (Å²) < 4.78 is 6.44. The maximum atomic E-state index is 12.6. The topological polar surface area (TPSA) is 84.7 Å². The van der Waals surface area contributed by atoms with Gasteiger partial charge in [0.25, 0.3) is 5.56 Å². The second-order valence-corrected chi connectivity index (χ2v) is 7.27. The number of hydrogen-bond acceptors (Lipinski definition) is 6. The molecule has 154 valence electrons. The predicted octanol–water partition coefficient (Wildman–Crippen LogP) is 2.40. The summed E-state index contributed by atoms with van der Waals surface area (Å²) in [7, 11) is 0. The molecule has 0 bridgehead atoms. The van der Waals surface area contributed by atoms with E-state index in [2.05, 4.69) is 4.98 Å². The first-order valence-electron chi connectivity index (χ1n) is 9.58. The first kappa shape index (κ1) is 21.9. The van der Waals surface area contributed by atoms with Crippen LogP contribution in [-0.2, 0) is 16.1 Å². The number of aryl methyl sites for hydroxylation is 2. The Morgan fingerprint density at radius 1 is 1.14 bits per heavy atom. The minimum Gasteiger partial charge on any atom is -0.450 e. The van der Waals surface area contributed by atoms with Gasteiger partial charge in [-0.25, -0.2) is 9.78 Å². The number of pyridine rings is 1. The highest BCUT2D eigenvalue weighted by atomic mass is 32.1. The zero-order valence-corrected chi connectivity index (χ0v) is 18.0. The maximum absolute atomic E-state index is 12.6. The van der Waals surface area contributed by atoms with Crippen molar-refractivity contribution in [2.75, 3.05) is 32.8 Å². The molecule has 0 N–H and O–H groups in total. The van der Waals surface area contributed by atoms with Gasteiger partial charge >= 0.3 is 6.09 Å². The SMILES string of the molecule is CC.CCOC(=O)N1CCN(C(=O)Cn2sc3nc(C)cc(C)c3c2=O)CC1. The standard InChI is InChI=1S/C17H22N4O4S.C2H6/c1-4-25-17(24)20-7-5-19(6-8-20)13(22)10-21-16(23)14-11(2)9-12(3)18-15(14)26-21;1-2/h9H,4-8,10H2,1-3H3;1-2H3. The molecule has 2 aromatic heterocycles. The van der Waals surface area contributed by atoms with Gasteiger partial charge < -0.3 is 14.5 Å². The van der Waals surface area contributed by atoms with Crippen LogP contribution in [0.1, 0.15) is 32.0 Å². The molecule has 1 aliphatic rings. The fourth-order valence-corrected chi connectivity index (χ4v) is 4.16. The fourth-order valence-electron chi connectivity index (χ4n) is 3.08. The van der Waals surface area contributed by atoms with Crippen LogP contribution in [0.2, 0.25) is 0 Å². The first-order valence-corrected chi connectivity index (χ1v) is 10.4. The van der Waals surface area contributed by atoms with Crippen LogP contribution in [0.15, 0.2) is 10.9 Å². The van der Waals surface area contributed by atoms with Crippen molar-refractivity contribution in [1.29, 1.82) is 0 Å². The van der Waals surface area contributed by atoms with Crippen LogP contribution in [0.25, 0.3) is 10.2 Å². The van der Waals surface area contributed by atoms with Crippen molar-refractivity contribution in [3.63, 3.8) is 0 Å². The third-order valence-corrected chi connectivity index (χ3v) is 5.37. The van der Waals surface area contributed by atoms with Crippen LogP contribution < -0.4 is 5.56 Å². The quantitative estimate of drug-likeness (QED) is 0.779. The van der Waals surface area contributed by atoms with Gasteiger partial charge in [0.15, 0.2) is 0 Å². The number of aromatic nitrogens is 2. The molecule has 0 radical (unpaired) electrons. The Morgan fingerprint density at radius 2 is 1.75 bits per heavy atom. The van der Waals surface area contributed by atoms with Crippen molar-refractivity contribution < 1.29 is 14.3 Å². The second-order valence-electron chi connectivity index (χ2n) is 6.26. The molecule has 28 heavy (non-hydrogen) atoms. The smallest absolute Gasteiger partial charge is 0.409 e. The Bertz CT molecular complexity index is 897. The molecule has 1 saturated heterocycles. The molecule has 3 heterocycles. The monoisotopic (exact) mass is 408 g/mol. The highest BCUT2D eigenvalue weighted by molar-refractivity contribution is 7.13. The number of hydrogen-bond donors (Lipinski definition) is 0. The Balaban J connectivity index is 0.00000136. The highest BCUT2D eigenvalue weighted by Crippen LogP contribution is 2.19. The molecule has 0 spiro atoms. The van der Waals surface area contributed by atoms with E-state index in [1.54, 1.807) is 16.7 Å². The Kier molecular flexibility index (Phi) is 7.56. The van der Waals surface area contributed by atoms with Crippen LogP contribution >= 0.6 is 11.5 Å². The molecule has 0 unspecified atom stereocenters. The average Bonchev–Trinajstić information content (AvgIpc) is 2.99. The van der Waals surface area contributed by atoms with Gasteiger partial charge in [-0.3, -0.25) is 13.5 Å².